The van der Waals surface area contributed by atoms with Crippen LogP contribution in [0.4, 0.5) is 0 Å². The molecular weight excluding hydrogens is 224 g/mol. The Morgan fingerprint density at radius 3 is 2.78 bits per heavy atom. The van der Waals surface area contributed by atoms with Crippen LogP contribution in [-0.2, 0) is 26.6 Å². The molecule has 96 valence electrons. The smallest absolute Gasteiger partial charge is 0.0573 e. The average molecular weight is 244 g/mol. The van der Waals surface area contributed by atoms with Crippen molar-refractivity contribution in [1.82, 2.24) is 20.1 Å². The van der Waals surface area contributed by atoms with Crippen LogP contribution in [-0.4, -0.2) is 14.8 Å². The van der Waals surface area contributed by atoms with Gasteiger partial charge in [0.15, 0.2) is 0 Å². The molecule has 0 aliphatic carbocycles. The molecule has 18 heavy (non-hydrogen) atoms. The first kappa shape index (κ1) is 12.8. The van der Waals surface area contributed by atoms with Crippen molar-refractivity contribution in [2.45, 2.75) is 33.4 Å². The average Bonchev–Trinajstić information content (AvgIpc) is 2.71. The monoisotopic (exact) mass is 244 g/mol. The highest BCUT2D eigenvalue weighted by Crippen LogP contribution is 2.08. The predicted octanol–water partition coefficient (Wildman–Crippen LogP) is 1.98. The first-order chi connectivity index (χ1) is 8.72. The van der Waals surface area contributed by atoms with E-state index in [1.54, 1.807) is 0 Å². The molecule has 2 rings (SSSR count). The van der Waals surface area contributed by atoms with Gasteiger partial charge in [0.25, 0.3) is 0 Å². The molecule has 0 fully saturated rings. The molecule has 0 amide bonds. The van der Waals surface area contributed by atoms with Gasteiger partial charge in [-0.05, 0) is 25.0 Å². The number of aromatic nitrogens is 3. The molecule has 0 spiro atoms. The molecule has 0 unspecified atom stereocenters. The lowest BCUT2D eigenvalue weighted by atomic mass is 10.1. The lowest BCUT2D eigenvalue weighted by molar-refractivity contribution is 0.667. The van der Waals surface area contributed by atoms with Gasteiger partial charge in [0, 0.05) is 37.6 Å². The molecule has 0 radical (unpaired) electrons. The standard InChI is InChI=1S/C14H20N4/c1-4-12-6-5-7-16-14(12)10-15-8-13-9-17-18(3)11(13)2/h5-7,9,15H,4,8,10H2,1-3H3. The highest BCUT2D eigenvalue weighted by atomic mass is 15.3. The quantitative estimate of drug-likeness (QED) is 0.874. The number of aryl methyl sites for hydroxylation is 2. The highest BCUT2D eigenvalue weighted by molar-refractivity contribution is 5.20. The summed E-state index contributed by atoms with van der Waals surface area (Å²) in [4.78, 5) is 4.43. The van der Waals surface area contributed by atoms with E-state index in [1.165, 1.54) is 16.8 Å². The molecule has 2 heterocycles. The summed E-state index contributed by atoms with van der Waals surface area (Å²) in [6.07, 6.45) is 4.80. The molecule has 2 aromatic heterocycles. The molecule has 0 aromatic carbocycles. The third kappa shape index (κ3) is 2.76. The third-order valence-corrected chi connectivity index (χ3v) is 3.31. The molecule has 0 atom stereocenters. The minimum absolute atomic E-state index is 0.804. The van der Waals surface area contributed by atoms with Crippen molar-refractivity contribution < 1.29 is 0 Å². The minimum atomic E-state index is 0.804. The summed E-state index contributed by atoms with van der Waals surface area (Å²) >= 11 is 0. The summed E-state index contributed by atoms with van der Waals surface area (Å²) in [5, 5.41) is 7.67. The van der Waals surface area contributed by atoms with E-state index in [-0.39, 0.29) is 0 Å². The van der Waals surface area contributed by atoms with Crippen molar-refractivity contribution in [3.63, 3.8) is 0 Å². The molecule has 4 nitrogen and oxygen atoms in total. The Morgan fingerprint density at radius 2 is 2.11 bits per heavy atom. The Morgan fingerprint density at radius 1 is 1.28 bits per heavy atom. The molecule has 0 saturated heterocycles. The van der Waals surface area contributed by atoms with Gasteiger partial charge in [-0.15, -0.1) is 0 Å². The van der Waals surface area contributed by atoms with E-state index < -0.39 is 0 Å². The van der Waals surface area contributed by atoms with Crippen LogP contribution < -0.4 is 5.32 Å². The number of nitrogens with one attached hydrogen (secondary N) is 1. The summed E-state index contributed by atoms with van der Waals surface area (Å²) in [5.74, 6) is 0. The number of hydrogen-bond acceptors (Lipinski definition) is 3. The SMILES string of the molecule is CCc1cccnc1CNCc1cnn(C)c1C. The molecule has 2 aromatic rings. The fourth-order valence-corrected chi connectivity index (χ4v) is 1.99. The van der Waals surface area contributed by atoms with Gasteiger partial charge in [0.05, 0.1) is 11.9 Å². The second kappa shape index (κ2) is 5.78. The second-order valence-electron chi connectivity index (χ2n) is 4.45. The van der Waals surface area contributed by atoms with E-state index >= 15 is 0 Å². The fourth-order valence-electron chi connectivity index (χ4n) is 1.99. The second-order valence-corrected chi connectivity index (χ2v) is 4.45. The Bertz CT molecular complexity index is 516. The third-order valence-electron chi connectivity index (χ3n) is 3.31. The zero-order valence-electron chi connectivity index (χ0n) is 11.3. The lowest BCUT2D eigenvalue weighted by Crippen LogP contribution is -2.15. The van der Waals surface area contributed by atoms with Crippen molar-refractivity contribution in [2.24, 2.45) is 7.05 Å². The van der Waals surface area contributed by atoms with Gasteiger partial charge < -0.3 is 5.32 Å². The maximum atomic E-state index is 4.43. The first-order valence-corrected chi connectivity index (χ1v) is 6.33. The summed E-state index contributed by atoms with van der Waals surface area (Å²) in [7, 11) is 1.97. The molecule has 0 aliphatic heterocycles. The van der Waals surface area contributed by atoms with Gasteiger partial charge in [-0.2, -0.15) is 5.10 Å². The van der Waals surface area contributed by atoms with Crippen LogP contribution in [0.1, 0.15) is 29.4 Å². The normalized spacial score (nSPS) is 10.8. The predicted molar refractivity (Wildman–Crippen MR) is 72.1 cm³/mol. The largest absolute Gasteiger partial charge is 0.307 e. The van der Waals surface area contributed by atoms with E-state index in [0.717, 1.165) is 25.2 Å². The van der Waals surface area contributed by atoms with Gasteiger partial charge in [-0.25, -0.2) is 0 Å². The lowest BCUT2D eigenvalue weighted by Gasteiger charge is -2.08. The maximum absolute atomic E-state index is 4.43. The Kier molecular flexibility index (Phi) is 4.10. The van der Waals surface area contributed by atoms with Gasteiger partial charge in [0.1, 0.15) is 0 Å². The summed E-state index contributed by atoms with van der Waals surface area (Å²) in [6, 6.07) is 4.13. The first-order valence-electron chi connectivity index (χ1n) is 6.33. The Hall–Kier alpha value is -1.68. The van der Waals surface area contributed by atoms with Crippen LogP contribution in [0.2, 0.25) is 0 Å². The van der Waals surface area contributed by atoms with Gasteiger partial charge in [-0.1, -0.05) is 13.0 Å². The van der Waals surface area contributed by atoms with Gasteiger partial charge in [0.2, 0.25) is 0 Å². The van der Waals surface area contributed by atoms with Crippen LogP contribution in [0.25, 0.3) is 0 Å². The van der Waals surface area contributed by atoms with Gasteiger partial charge >= 0.3 is 0 Å². The maximum Gasteiger partial charge on any atom is 0.0573 e. The summed E-state index contributed by atoms with van der Waals surface area (Å²) in [5.41, 5.74) is 4.90. The van der Waals surface area contributed by atoms with Crippen molar-refractivity contribution in [3.8, 4) is 0 Å². The molecule has 4 heteroatoms. The van der Waals surface area contributed by atoms with Crippen molar-refractivity contribution in [2.75, 3.05) is 0 Å². The van der Waals surface area contributed by atoms with E-state index in [4.69, 9.17) is 0 Å². The highest BCUT2D eigenvalue weighted by Gasteiger charge is 2.04. The summed E-state index contributed by atoms with van der Waals surface area (Å²) in [6.45, 7) is 5.88. The number of rotatable bonds is 5. The van der Waals surface area contributed by atoms with Crippen molar-refractivity contribution in [1.29, 1.82) is 0 Å². The van der Waals surface area contributed by atoms with Crippen molar-refractivity contribution in [3.05, 3.63) is 47.0 Å². The van der Waals surface area contributed by atoms with Gasteiger partial charge in [-0.3, -0.25) is 9.67 Å². The molecule has 0 saturated carbocycles. The zero-order chi connectivity index (χ0) is 13.0. The van der Waals surface area contributed by atoms with E-state index in [2.05, 4.69) is 35.3 Å². The van der Waals surface area contributed by atoms with E-state index in [0.29, 0.717) is 0 Å². The fraction of sp³-hybridized carbons (Fsp3) is 0.429. The van der Waals surface area contributed by atoms with Crippen LogP contribution in [0.15, 0.2) is 24.5 Å². The molecular formula is C14H20N4. The zero-order valence-corrected chi connectivity index (χ0v) is 11.3. The van der Waals surface area contributed by atoms with Crippen LogP contribution in [0.5, 0.6) is 0 Å². The minimum Gasteiger partial charge on any atom is -0.307 e. The van der Waals surface area contributed by atoms with E-state index in [9.17, 15) is 0 Å². The van der Waals surface area contributed by atoms with Crippen LogP contribution in [0, 0.1) is 6.92 Å². The van der Waals surface area contributed by atoms with Crippen LogP contribution >= 0.6 is 0 Å². The van der Waals surface area contributed by atoms with Crippen molar-refractivity contribution >= 4 is 0 Å². The molecule has 1 N–H and O–H groups in total. The Labute approximate surface area is 108 Å². The summed E-state index contributed by atoms with van der Waals surface area (Å²) < 4.78 is 1.90. The van der Waals surface area contributed by atoms with Crippen LogP contribution in [0.3, 0.4) is 0 Å². The Balaban J connectivity index is 1.94. The van der Waals surface area contributed by atoms with E-state index in [1.807, 2.05) is 30.2 Å². The number of nitrogens with zero attached hydrogens (tertiary/aromatic N) is 3. The molecule has 0 aliphatic rings. The number of pyridine rings is 1. The number of hydrogen-bond donors (Lipinski definition) is 1. The topological polar surface area (TPSA) is 42.7 Å². The molecule has 0 bridgehead atoms.